The summed E-state index contributed by atoms with van der Waals surface area (Å²) in [4.78, 5) is 20.5. The third-order valence-corrected chi connectivity index (χ3v) is 0.914. The summed E-state index contributed by atoms with van der Waals surface area (Å²) < 4.78 is 0. The highest BCUT2D eigenvalue weighted by atomic mass is 24.3. The first-order chi connectivity index (χ1) is 4.66. The summed E-state index contributed by atoms with van der Waals surface area (Å²) in [5, 5.41) is 10.4. The fourth-order valence-corrected chi connectivity index (χ4v) is 0.490. The van der Waals surface area contributed by atoms with E-state index in [0.717, 1.165) is 6.42 Å². The molecule has 0 radical (unpaired) electrons. The Morgan fingerprint density at radius 1 is 1.45 bits per heavy atom. The van der Waals surface area contributed by atoms with Crippen LogP contribution >= 0.6 is 0 Å². The Bertz CT molecular complexity index is 138. The molecule has 0 heterocycles. The molecule has 62 valence electrons. The molecular weight excluding hydrogens is 158 g/mol. The van der Waals surface area contributed by atoms with Gasteiger partial charge in [0.2, 0.25) is 5.91 Å². The van der Waals surface area contributed by atoms with E-state index in [-0.39, 0.29) is 35.5 Å². The average molecular weight is 171 g/mol. The second-order valence-corrected chi connectivity index (χ2v) is 1.92. The molecule has 5 heteroatoms. The van der Waals surface area contributed by atoms with Crippen LogP contribution in [0.2, 0.25) is 0 Å². The number of carbonyl (C=O) groups is 2. The van der Waals surface area contributed by atoms with Crippen molar-refractivity contribution in [1.82, 2.24) is 5.32 Å². The molecule has 4 nitrogen and oxygen atoms in total. The van der Waals surface area contributed by atoms with Crippen molar-refractivity contribution >= 4 is 34.9 Å². The molecule has 0 saturated carbocycles. The Balaban J connectivity index is 0. The first-order valence-electron chi connectivity index (χ1n) is 3.15. The summed E-state index contributed by atoms with van der Waals surface area (Å²) in [6.45, 7) is 1.58. The zero-order valence-corrected chi connectivity index (χ0v) is 5.89. The number of carbonyl (C=O) groups excluding carboxylic acids is 1. The smallest absolute Gasteiger partial charge is 0.322 e. The molecule has 0 unspecified atom stereocenters. The standard InChI is InChI=1S/C6H11NO3.Mg.2H/c1-2-3-5(8)7-4-6(9)10;;;/h2-4H2,1H3,(H,7,8)(H,9,10);;;. The molecule has 1 amide bonds. The van der Waals surface area contributed by atoms with Gasteiger partial charge in [-0.3, -0.25) is 9.59 Å². The van der Waals surface area contributed by atoms with Crippen LogP contribution in [0.5, 0.6) is 0 Å². The Labute approximate surface area is 81.5 Å². The van der Waals surface area contributed by atoms with Gasteiger partial charge in [0.1, 0.15) is 6.54 Å². The van der Waals surface area contributed by atoms with Crippen LogP contribution in [-0.2, 0) is 9.59 Å². The molecular formula is C6H13MgNO3. The summed E-state index contributed by atoms with van der Waals surface area (Å²) in [5.74, 6) is -1.21. The van der Waals surface area contributed by atoms with Crippen LogP contribution in [0.25, 0.3) is 0 Å². The lowest BCUT2D eigenvalue weighted by Crippen LogP contribution is -2.28. The van der Waals surface area contributed by atoms with Crippen LogP contribution in [0.4, 0.5) is 0 Å². The fraction of sp³-hybridized carbons (Fsp3) is 0.667. The van der Waals surface area contributed by atoms with Gasteiger partial charge in [0.25, 0.3) is 0 Å². The third kappa shape index (κ3) is 9.71. The quantitative estimate of drug-likeness (QED) is 0.537. The van der Waals surface area contributed by atoms with E-state index < -0.39 is 5.97 Å². The van der Waals surface area contributed by atoms with Gasteiger partial charge in [-0.15, -0.1) is 0 Å². The summed E-state index contributed by atoms with van der Waals surface area (Å²) in [6, 6.07) is 0. The molecule has 0 aliphatic carbocycles. The van der Waals surface area contributed by atoms with Crippen molar-refractivity contribution < 1.29 is 14.7 Å². The molecule has 0 atom stereocenters. The Morgan fingerprint density at radius 3 is 2.36 bits per heavy atom. The fourth-order valence-electron chi connectivity index (χ4n) is 0.490. The van der Waals surface area contributed by atoms with Gasteiger partial charge in [0, 0.05) is 6.42 Å². The highest BCUT2D eigenvalue weighted by Crippen LogP contribution is 1.83. The van der Waals surface area contributed by atoms with Crippen molar-refractivity contribution in [3.05, 3.63) is 0 Å². The number of nitrogens with one attached hydrogen (secondary N) is 1. The van der Waals surface area contributed by atoms with Crippen molar-refractivity contribution in [2.24, 2.45) is 0 Å². The predicted molar refractivity (Wildman–Crippen MR) is 44.1 cm³/mol. The molecule has 0 saturated heterocycles. The highest BCUT2D eigenvalue weighted by Gasteiger charge is 2.00. The van der Waals surface area contributed by atoms with Gasteiger partial charge >= 0.3 is 29.0 Å². The topological polar surface area (TPSA) is 66.4 Å². The minimum Gasteiger partial charge on any atom is -0.480 e. The van der Waals surface area contributed by atoms with Crippen molar-refractivity contribution in [3.8, 4) is 0 Å². The lowest BCUT2D eigenvalue weighted by molar-refractivity contribution is -0.137. The average Bonchev–Trinajstić information content (AvgIpc) is 1.85. The van der Waals surface area contributed by atoms with Gasteiger partial charge in [0.15, 0.2) is 0 Å². The van der Waals surface area contributed by atoms with Gasteiger partial charge in [-0.1, -0.05) is 6.92 Å². The van der Waals surface area contributed by atoms with E-state index in [0.29, 0.717) is 6.42 Å². The Kier molecular flexibility index (Phi) is 9.45. The molecule has 0 aromatic heterocycles. The van der Waals surface area contributed by atoms with E-state index in [2.05, 4.69) is 5.32 Å². The number of amides is 1. The number of hydrogen-bond donors (Lipinski definition) is 2. The van der Waals surface area contributed by atoms with Crippen LogP contribution in [0.3, 0.4) is 0 Å². The normalized spacial score (nSPS) is 8.09. The van der Waals surface area contributed by atoms with Gasteiger partial charge in [0.05, 0.1) is 0 Å². The zero-order valence-electron chi connectivity index (χ0n) is 5.89. The first-order valence-corrected chi connectivity index (χ1v) is 3.15. The van der Waals surface area contributed by atoms with Crippen molar-refractivity contribution in [2.75, 3.05) is 6.54 Å². The summed E-state index contributed by atoms with van der Waals surface area (Å²) >= 11 is 0. The maximum absolute atomic E-state index is 10.6. The van der Waals surface area contributed by atoms with E-state index in [1.165, 1.54) is 0 Å². The molecule has 2 N–H and O–H groups in total. The highest BCUT2D eigenvalue weighted by molar-refractivity contribution is 5.80. The SMILES string of the molecule is CCCC(=O)NCC(=O)O.[MgH2]. The molecule has 0 spiro atoms. The van der Waals surface area contributed by atoms with Crippen LogP contribution in [0, 0.1) is 0 Å². The van der Waals surface area contributed by atoms with E-state index >= 15 is 0 Å². The van der Waals surface area contributed by atoms with Gasteiger partial charge in [-0.05, 0) is 6.42 Å². The predicted octanol–water partition coefficient (Wildman–Crippen LogP) is -0.929. The summed E-state index contributed by atoms with van der Waals surface area (Å²) in [5.41, 5.74) is 0. The monoisotopic (exact) mass is 171 g/mol. The van der Waals surface area contributed by atoms with Crippen molar-refractivity contribution in [2.45, 2.75) is 19.8 Å². The Morgan fingerprint density at radius 2 is 2.00 bits per heavy atom. The number of aliphatic carboxylic acids is 1. The maximum atomic E-state index is 10.6. The third-order valence-electron chi connectivity index (χ3n) is 0.914. The van der Waals surface area contributed by atoms with Crippen LogP contribution in [-0.4, -0.2) is 46.6 Å². The largest absolute Gasteiger partial charge is 0.480 e. The van der Waals surface area contributed by atoms with Crippen LogP contribution in [0.15, 0.2) is 0 Å². The molecule has 0 aliphatic heterocycles. The molecule has 0 aliphatic rings. The molecule has 0 bridgehead atoms. The number of carboxylic acid groups (broad SMARTS) is 1. The summed E-state index contributed by atoms with van der Waals surface area (Å²) in [7, 11) is 0. The number of hydrogen-bond acceptors (Lipinski definition) is 2. The maximum Gasteiger partial charge on any atom is 0.322 e. The number of rotatable bonds is 4. The second-order valence-electron chi connectivity index (χ2n) is 1.92. The minimum absolute atomic E-state index is 0. The van der Waals surface area contributed by atoms with Crippen LogP contribution < -0.4 is 5.32 Å². The lowest BCUT2D eigenvalue weighted by atomic mass is 10.3. The molecule has 0 aromatic rings. The van der Waals surface area contributed by atoms with Gasteiger partial charge in [-0.2, -0.15) is 0 Å². The molecule has 0 rings (SSSR count). The van der Waals surface area contributed by atoms with E-state index in [1.54, 1.807) is 0 Å². The van der Waals surface area contributed by atoms with E-state index in [1.807, 2.05) is 6.92 Å². The summed E-state index contributed by atoms with van der Waals surface area (Å²) in [6.07, 6.45) is 1.14. The van der Waals surface area contributed by atoms with E-state index in [9.17, 15) is 9.59 Å². The van der Waals surface area contributed by atoms with Crippen molar-refractivity contribution in [1.29, 1.82) is 0 Å². The van der Waals surface area contributed by atoms with E-state index in [4.69, 9.17) is 5.11 Å². The number of carboxylic acids is 1. The second kappa shape index (κ2) is 7.81. The van der Waals surface area contributed by atoms with Gasteiger partial charge < -0.3 is 10.4 Å². The van der Waals surface area contributed by atoms with Gasteiger partial charge in [-0.25, -0.2) is 0 Å². The molecule has 0 aromatic carbocycles. The first kappa shape index (κ1) is 13.3. The molecule has 11 heavy (non-hydrogen) atoms. The Hall–Kier alpha value is -0.294. The minimum atomic E-state index is -1.01. The lowest BCUT2D eigenvalue weighted by Gasteiger charge is -1.97. The zero-order chi connectivity index (χ0) is 7.98. The molecule has 0 fully saturated rings. The van der Waals surface area contributed by atoms with Crippen molar-refractivity contribution in [3.63, 3.8) is 0 Å². The van der Waals surface area contributed by atoms with Crippen LogP contribution in [0.1, 0.15) is 19.8 Å².